The molecule has 2 aromatic rings. The van der Waals surface area contributed by atoms with Gasteiger partial charge in [0, 0.05) is 18.9 Å². The Morgan fingerprint density at radius 1 is 1.47 bits per heavy atom. The number of nitrogens with zero attached hydrogens (tertiary/aromatic N) is 3. The van der Waals surface area contributed by atoms with Crippen molar-refractivity contribution in [2.45, 2.75) is 33.4 Å². The van der Waals surface area contributed by atoms with E-state index in [1.165, 1.54) is 5.56 Å². The highest BCUT2D eigenvalue weighted by Gasteiger charge is 2.03. The third-order valence-corrected chi connectivity index (χ3v) is 2.46. The van der Waals surface area contributed by atoms with Crippen LogP contribution >= 0.6 is 0 Å². The molecule has 0 fully saturated rings. The van der Waals surface area contributed by atoms with Gasteiger partial charge in [-0.15, -0.1) is 0 Å². The summed E-state index contributed by atoms with van der Waals surface area (Å²) < 4.78 is 7.13. The van der Waals surface area contributed by atoms with Crippen LogP contribution in [0.5, 0.6) is 0 Å². The van der Waals surface area contributed by atoms with Crippen LogP contribution in [0.3, 0.4) is 0 Å². The molecule has 17 heavy (non-hydrogen) atoms. The summed E-state index contributed by atoms with van der Waals surface area (Å²) in [6.45, 7) is 6.57. The van der Waals surface area contributed by atoms with Crippen LogP contribution in [0.15, 0.2) is 23.0 Å². The summed E-state index contributed by atoms with van der Waals surface area (Å²) in [4.78, 5) is 4.18. The summed E-state index contributed by atoms with van der Waals surface area (Å²) in [5.74, 6) is 1.32. The predicted octanol–water partition coefficient (Wildman–Crippen LogP) is 1.73. The fourth-order valence-electron chi connectivity index (χ4n) is 1.66. The van der Waals surface area contributed by atoms with E-state index in [2.05, 4.69) is 39.2 Å². The lowest BCUT2D eigenvalue weighted by molar-refractivity contribution is 0.368. The van der Waals surface area contributed by atoms with Gasteiger partial charge in [-0.1, -0.05) is 12.1 Å². The van der Waals surface area contributed by atoms with Crippen molar-refractivity contribution in [3.63, 3.8) is 0 Å². The van der Waals surface area contributed by atoms with Crippen molar-refractivity contribution in [3.05, 3.63) is 35.7 Å². The molecule has 2 aromatic heterocycles. The molecule has 0 aliphatic carbocycles. The van der Waals surface area contributed by atoms with Crippen LogP contribution < -0.4 is 5.32 Å². The number of nitrogens with one attached hydrogen (secondary N) is 1. The average Bonchev–Trinajstić information content (AvgIpc) is 2.90. The minimum absolute atomic E-state index is 0.634. The smallest absolute Gasteiger partial charge is 0.246 e. The molecule has 0 saturated heterocycles. The van der Waals surface area contributed by atoms with Gasteiger partial charge in [-0.25, -0.2) is 0 Å². The molecule has 0 aliphatic heterocycles. The first-order valence-electron chi connectivity index (χ1n) is 5.92. The van der Waals surface area contributed by atoms with Gasteiger partial charge in [0.05, 0.1) is 0 Å². The maximum atomic E-state index is 5.08. The van der Waals surface area contributed by atoms with Gasteiger partial charge in [-0.3, -0.25) is 0 Å². The van der Waals surface area contributed by atoms with Crippen LogP contribution in [-0.2, 0) is 13.1 Å². The zero-order valence-electron chi connectivity index (χ0n) is 10.3. The number of hydrogen-bond acceptors (Lipinski definition) is 4. The van der Waals surface area contributed by atoms with Crippen molar-refractivity contribution >= 4 is 0 Å². The minimum Gasteiger partial charge on any atom is -0.345 e. The Morgan fingerprint density at radius 3 is 3.06 bits per heavy atom. The van der Waals surface area contributed by atoms with Crippen LogP contribution in [0.1, 0.15) is 30.6 Å². The largest absolute Gasteiger partial charge is 0.345 e. The summed E-state index contributed by atoms with van der Waals surface area (Å²) in [6.07, 6.45) is 5.28. The maximum Gasteiger partial charge on any atom is 0.246 e. The van der Waals surface area contributed by atoms with Crippen molar-refractivity contribution in [1.82, 2.24) is 20.0 Å². The van der Waals surface area contributed by atoms with Gasteiger partial charge in [0.2, 0.25) is 5.89 Å². The average molecular weight is 234 g/mol. The molecule has 2 heterocycles. The molecule has 0 saturated carbocycles. The Hall–Kier alpha value is -1.62. The summed E-state index contributed by atoms with van der Waals surface area (Å²) in [5.41, 5.74) is 1.27. The van der Waals surface area contributed by atoms with E-state index in [9.17, 15) is 0 Å². The molecule has 0 aliphatic rings. The molecule has 5 heteroatoms. The normalized spacial score (nSPS) is 10.9. The predicted molar refractivity (Wildman–Crippen MR) is 64.6 cm³/mol. The van der Waals surface area contributed by atoms with Gasteiger partial charge in [0.15, 0.2) is 5.82 Å². The van der Waals surface area contributed by atoms with Crippen molar-refractivity contribution in [1.29, 1.82) is 0 Å². The topological polar surface area (TPSA) is 55.9 Å². The Labute approximate surface area is 101 Å². The third-order valence-electron chi connectivity index (χ3n) is 2.46. The summed E-state index contributed by atoms with van der Waals surface area (Å²) in [5, 5.41) is 7.14. The van der Waals surface area contributed by atoms with Gasteiger partial charge < -0.3 is 14.4 Å². The van der Waals surface area contributed by atoms with Crippen molar-refractivity contribution in [2.24, 2.45) is 0 Å². The molecular formula is C12H18N4O. The highest BCUT2D eigenvalue weighted by molar-refractivity contribution is 5.10. The van der Waals surface area contributed by atoms with Gasteiger partial charge in [0.1, 0.15) is 6.54 Å². The third kappa shape index (κ3) is 3.42. The molecule has 5 nitrogen and oxygen atoms in total. The molecule has 0 aromatic carbocycles. The Balaban J connectivity index is 1.89. The lowest BCUT2D eigenvalue weighted by Crippen LogP contribution is -2.13. The van der Waals surface area contributed by atoms with Gasteiger partial charge in [-0.05, 0) is 31.5 Å². The van der Waals surface area contributed by atoms with Gasteiger partial charge in [-0.2, -0.15) is 4.98 Å². The molecule has 1 N–H and O–H groups in total. The second kappa shape index (κ2) is 5.63. The molecule has 0 bridgehead atoms. The van der Waals surface area contributed by atoms with E-state index >= 15 is 0 Å². The van der Waals surface area contributed by atoms with Crippen LogP contribution in [0.4, 0.5) is 0 Å². The Bertz CT molecular complexity index is 461. The zero-order chi connectivity index (χ0) is 12.1. The lowest BCUT2D eigenvalue weighted by atomic mass is 10.3. The first kappa shape index (κ1) is 11.9. The van der Waals surface area contributed by atoms with Crippen LogP contribution in [0.2, 0.25) is 0 Å². The van der Waals surface area contributed by atoms with Crippen LogP contribution in [-0.4, -0.2) is 21.3 Å². The Morgan fingerprint density at radius 2 is 2.35 bits per heavy atom. The second-order valence-corrected chi connectivity index (χ2v) is 4.10. The summed E-state index contributed by atoms with van der Waals surface area (Å²) in [6, 6.07) is 2.10. The Kier molecular flexibility index (Phi) is 3.93. The van der Waals surface area contributed by atoms with E-state index < -0.39 is 0 Å². The fourth-order valence-corrected chi connectivity index (χ4v) is 1.66. The standard InChI is InChI=1S/C12H18N4O/c1-3-5-13-7-11-4-6-16(8-11)9-12-14-10(2)15-17-12/h4,6,8,13H,3,5,7,9H2,1-2H3. The van der Waals surface area contributed by atoms with Gasteiger partial charge in [0.25, 0.3) is 0 Å². The first-order chi connectivity index (χ1) is 8.28. The van der Waals surface area contributed by atoms with Crippen molar-refractivity contribution in [3.8, 4) is 0 Å². The van der Waals surface area contributed by atoms with Gasteiger partial charge >= 0.3 is 0 Å². The first-order valence-corrected chi connectivity index (χ1v) is 5.92. The number of aromatic nitrogens is 3. The maximum absolute atomic E-state index is 5.08. The van der Waals surface area contributed by atoms with E-state index in [0.717, 1.165) is 19.5 Å². The van der Waals surface area contributed by atoms with E-state index in [0.29, 0.717) is 18.3 Å². The SMILES string of the molecule is CCCNCc1ccn(Cc2nc(C)no2)c1. The zero-order valence-corrected chi connectivity index (χ0v) is 10.3. The molecule has 0 spiro atoms. The quantitative estimate of drug-likeness (QED) is 0.773. The van der Waals surface area contributed by atoms with Crippen LogP contribution in [0, 0.1) is 6.92 Å². The minimum atomic E-state index is 0.634. The number of hydrogen-bond donors (Lipinski definition) is 1. The van der Waals surface area contributed by atoms with E-state index in [-0.39, 0.29) is 0 Å². The number of aryl methyl sites for hydroxylation is 1. The van der Waals surface area contributed by atoms with Crippen molar-refractivity contribution < 1.29 is 4.52 Å². The van der Waals surface area contributed by atoms with E-state index in [4.69, 9.17) is 4.52 Å². The fraction of sp³-hybridized carbons (Fsp3) is 0.500. The molecule has 0 radical (unpaired) electrons. The molecule has 2 rings (SSSR count). The second-order valence-electron chi connectivity index (χ2n) is 4.10. The molecule has 0 amide bonds. The van der Waals surface area contributed by atoms with Crippen molar-refractivity contribution in [2.75, 3.05) is 6.54 Å². The van der Waals surface area contributed by atoms with E-state index in [1.807, 2.05) is 13.1 Å². The van der Waals surface area contributed by atoms with E-state index in [1.54, 1.807) is 0 Å². The van der Waals surface area contributed by atoms with Crippen LogP contribution in [0.25, 0.3) is 0 Å². The summed E-state index contributed by atoms with van der Waals surface area (Å²) >= 11 is 0. The molecule has 0 atom stereocenters. The molecule has 0 unspecified atom stereocenters. The summed E-state index contributed by atoms with van der Waals surface area (Å²) in [7, 11) is 0. The lowest BCUT2D eigenvalue weighted by Gasteiger charge is -2.00. The molecule has 92 valence electrons. The molecular weight excluding hydrogens is 216 g/mol. The highest BCUT2D eigenvalue weighted by Crippen LogP contribution is 2.05. The highest BCUT2D eigenvalue weighted by atomic mass is 16.5. The monoisotopic (exact) mass is 234 g/mol. The number of rotatable bonds is 6.